The molecule has 0 bridgehead atoms. The highest BCUT2D eigenvalue weighted by Crippen LogP contribution is 2.19. The van der Waals surface area contributed by atoms with E-state index in [9.17, 15) is 4.79 Å². The van der Waals surface area contributed by atoms with Crippen molar-refractivity contribution in [2.24, 2.45) is 0 Å². The first-order valence-electron chi connectivity index (χ1n) is 4.97. The van der Waals surface area contributed by atoms with Gasteiger partial charge in [0, 0.05) is 6.04 Å². The molecule has 1 aliphatic carbocycles. The first-order chi connectivity index (χ1) is 6.25. The molecule has 1 atom stereocenters. The summed E-state index contributed by atoms with van der Waals surface area (Å²) in [5, 5.41) is 15.1. The zero-order valence-corrected chi connectivity index (χ0v) is 7.62. The van der Waals surface area contributed by atoms with Gasteiger partial charge in [0.1, 0.15) is 0 Å². The van der Waals surface area contributed by atoms with Crippen LogP contribution in [-0.4, -0.2) is 35.7 Å². The van der Waals surface area contributed by atoms with Gasteiger partial charge in [0.05, 0.1) is 12.1 Å². The van der Waals surface area contributed by atoms with Crippen molar-refractivity contribution in [2.75, 3.05) is 6.54 Å². The second-order valence-corrected chi connectivity index (χ2v) is 3.98. The standard InChI is InChI=1S/C9H16N2O2/c12-7-4-6(5-7)11-9(13)8-2-1-3-10-8/h6-8,10,12H,1-5H2,(H,11,13)/t6?,7?,8-/m0/s1. The summed E-state index contributed by atoms with van der Waals surface area (Å²) in [6, 6.07) is 0.225. The summed E-state index contributed by atoms with van der Waals surface area (Å²) in [5.41, 5.74) is 0. The monoisotopic (exact) mass is 184 g/mol. The molecule has 13 heavy (non-hydrogen) atoms. The Morgan fingerprint density at radius 1 is 1.46 bits per heavy atom. The molecule has 1 saturated carbocycles. The van der Waals surface area contributed by atoms with E-state index in [1.54, 1.807) is 0 Å². The molecule has 0 aromatic carbocycles. The number of nitrogens with one attached hydrogen (secondary N) is 2. The highest BCUT2D eigenvalue weighted by Gasteiger charge is 2.31. The van der Waals surface area contributed by atoms with Crippen molar-refractivity contribution in [1.29, 1.82) is 0 Å². The third-order valence-electron chi connectivity index (χ3n) is 2.84. The second kappa shape index (κ2) is 3.64. The van der Waals surface area contributed by atoms with Gasteiger partial charge in [-0.25, -0.2) is 0 Å². The SMILES string of the molecule is O=C(NC1CC(O)C1)[C@@H]1CCCN1. The topological polar surface area (TPSA) is 61.4 Å². The van der Waals surface area contributed by atoms with Gasteiger partial charge >= 0.3 is 0 Å². The summed E-state index contributed by atoms with van der Waals surface area (Å²) in [6.07, 6.45) is 3.28. The predicted octanol–water partition coefficient (Wildman–Crippen LogP) is -0.622. The van der Waals surface area contributed by atoms with Crippen molar-refractivity contribution in [2.45, 2.75) is 43.9 Å². The quantitative estimate of drug-likeness (QED) is 0.536. The van der Waals surface area contributed by atoms with Crippen LogP contribution >= 0.6 is 0 Å². The fourth-order valence-electron chi connectivity index (χ4n) is 1.92. The van der Waals surface area contributed by atoms with Crippen molar-refractivity contribution < 1.29 is 9.90 Å². The lowest BCUT2D eigenvalue weighted by molar-refractivity contribution is -0.124. The van der Waals surface area contributed by atoms with Gasteiger partial charge in [0.25, 0.3) is 0 Å². The van der Waals surface area contributed by atoms with E-state index >= 15 is 0 Å². The molecule has 4 heteroatoms. The molecule has 3 N–H and O–H groups in total. The first kappa shape index (κ1) is 8.97. The molecule has 1 amide bonds. The molecule has 2 fully saturated rings. The highest BCUT2D eigenvalue weighted by atomic mass is 16.3. The van der Waals surface area contributed by atoms with Gasteiger partial charge in [-0.1, -0.05) is 0 Å². The lowest BCUT2D eigenvalue weighted by Gasteiger charge is -2.32. The van der Waals surface area contributed by atoms with Gasteiger partial charge < -0.3 is 15.7 Å². The average Bonchev–Trinajstić information content (AvgIpc) is 2.53. The Bertz CT molecular complexity index is 196. The highest BCUT2D eigenvalue weighted by molar-refractivity contribution is 5.82. The minimum absolute atomic E-state index is 0.0118. The minimum atomic E-state index is -0.193. The lowest BCUT2D eigenvalue weighted by atomic mass is 9.89. The Kier molecular flexibility index (Phi) is 2.51. The lowest BCUT2D eigenvalue weighted by Crippen LogP contribution is -2.51. The number of hydrogen-bond acceptors (Lipinski definition) is 3. The Morgan fingerprint density at radius 3 is 2.77 bits per heavy atom. The maximum atomic E-state index is 11.5. The molecule has 0 aromatic heterocycles. The van der Waals surface area contributed by atoms with Crippen molar-refractivity contribution in [3.8, 4) is 0 Å². The van der Waals surface area contributed by atoms with E-state index in [-0.39, 0.29) is 24.1 Å². The molecule has 4 nitrogen and oxygen atoms in total. The van der Waals surface area contributed by atoms with Gasteiger partial charge in [-0.05, 0) is 32.2 Å². The summed E-state index contributed by atoms with van der Waals surface area (Å²) in [4.78, 5) is 11.5. The number of carbonyl (C=O) groups excluding carboxylic acids is 1. The van der Waals surface area contributed by atoms with E-state index in [2.05, 4.69) is 10.6 Å². The van der Waals surface area contributed by atoms with Crippen LogP contribution in [0.4, 0.5) is 0 Å². The molecular weight excluding hydrogens is 168 g/mol. The molecule has 1 aliphatic heterocycles. The smallest absolute Gasteiger partial charge is 0.237 e. The molecule has 0 aromatic rings. The number of amides is 1. The van der Waals surface area contributed by atoms with E-state index in [4.69, 9.17) is 5.11 Å². The molecule has 1 heterocycles. The maximum absolute atomic E-state index is 11.5. The van der Waals surface area contributed by atoms with Gasteiger partial charge in [-0.15, -0.1) is 0 Å². The molecule has 2 rings (SSSR count). The van der Waals surface area contributed by atoms with Crippen molar-refractivity contribution in [3.63, 3.8) is 0 Å². The Balaban J connectivity index is 1.72. The molecule has 1 saturated heterocycles. The normalized spacial score (nSPS) is 38.4. The molecule has 0 radical (unpaired) electrons. The van der Waals surface area contributed by atoms with Crippen LogP contribution in [-0.2, 0) is 4.79 Å². The van der Waals surface area contributed by atoms with Crippen molar-refractivity contribution in [3.05, 3.63) is 0 Å². The van der Waals surface area contributed by atoms with Gasteiger partial charge in [0.2, 0.25) is 5.91 Å². The van der Waals surface area contributed by atoms with E-state index in [1.165, 1.54) is 0 Å². The first-order valence-corrected chi connectivity index (χ1v) is 4.97. The summed E-state index contributed by atoms with van der Waals surface area (Å²) in [6.45, 7) is 0.950. The zero-order valence-electron chi connectivity index (χ0n) is 7.62. The van der Waals surface area contributed by atoms with E-state index in [0.29, 0.717) is 0 Å². The Hall–Kier alpha value is -0.610. The fraction of sp³-hybridized carbons (Fsp3) is 0.889. The Labute approximate surface area is 77.7 Å². The molecule has 0 unspecified atom stereocenters. The largest absolute Gasteiger partial charge is 0.393 e. The third kappa shape index (κ3) is 2.00. The number of aliphatic hydroxyl groups excluding tert-OH is 1. The van der Waals surface area contributed by atoms with Crippen LogP contribution in [0, 0.1) is 0 Å². The van der Waals surface area contributed by atoms with E-state index < -0.39 is 0 Å². The van der Waals surface area contributed by atoms with Crippen LogP contribution < -0.4 is 10.6 Å². The number of rotatable bonds is 2. The van der Waals surface area contributed by atoms with Crippen LogP contribution in [0.3, 0.4) is 0 Å². The number of carbonyl (C=O) groups is 1. The number of aliphatic hydroxyl groups is 1. The maximum Gasteiger partial charge on any atom is 0.237 e. The van der Waals surface area contributed by atoms with E-state index in [0.717, 1.165) is 32.2 Å². The third-order valence-corrected chi connectivity index (χ3v) is 2.84. The van der Waals surface area contributed by atoms with Crippen LogP contribution in [0.5, 0.6) is 0 Å². The molecular formula is C9H16N2O2. The zero-order chi connectivity index (χ0) is 9.26. The second-order valence-electron chi connectivity index (χ2n) is 3.98. The number of hydrogen-bond donors (Lipinski definition) is 3. The van der Waals surface area contributed by atoms with Gasteiger partial charge in [-0.2, -0.15) is 0 Å². The summed E-state index contributed by atoms with van der Waals surface area (Å²) in [7, 11) is 0. The van der Waals surface area contributed by atoms with Crippen molar-refractivity contribution in [1.82, 2.24) is 10.6 Å². The van der Waals surface area contributed by atoms with Crippen LogP contribution in [0.25, 0.3) is 0 Å². The fourth-order valence-corrected chi connectivity index (χ4v) is 1.92. The van der Waals surface area contributed by atoms with Gasteiger partial charge in [-0.3, -0.25) is 4.79 Å². The Morgan fingerprint density at radius 2 is 2.23 bits per heavy atom. The average molecular weight is 184 g/mol. The summed E-state index contributed by atoms with van der Waals surface area (Å²) in [5.74, 6) is 0.106. The van der Waals surface area contributed by atoms with E-state index in [1.807, 2.05) is 0 Å². The van der Waals surface area contributed by atoms with Crippen LogP contribution in [0.2, 0.25) is 0 Å². The van der Waals surface area contributed by atoms with Crippen LogP contribution in [0.15, 0.2) is 0 Å². The molecule has 0 spiro atoms. The summed E-state index contributed by atoms with van der Waals surface area (Å²) < 4.78 is 0. The summed E-state index contributed by atoms with van der Waals surface area (Å²) >= 11 is 0. The van der Waals surface area contributed by atoms with Crippen molar-refractivity contribution >= 4 is 5.91 Å². The van der Waals surface area contributed by atoms with Gasteiger partial charge in [0.15, 0.2) is 0 Å². The predicted molar refractivity (Wildman–Crippen MR) is 48.2 cm³/mol. The van der Waals surface area contributed by atoms with Crippen LogP contribution in [0.1, 0.15) is 25.7 Å². The molecule has 2 aliphatic rings. The minimum Gasteiger partial charge on any atom is -0.393 e. The molecule has 74 valence electrons.